The van der Waals surface area contributed by atoms with Crippen LogP contribution < -0.4 is 11.1 Å². The van der Waals surface area contributed by atoms with Crippen LogP contribution in [-0.2, 0) is 9.53 Å². The lowest BCUT2D eigenvalue weighted by Gasteiger charge is -2.42. The number of ether oxygens (including phenoxy) is 1. The Morgan fingerprint density at radius 3 is 2.42 bits per heavy atom. The van der Waals surface area contributed by atoms with Crippen molar-refractivity contribution >= 4 is 30.7 Å². The molecule has 3 N–H and O–H groups in total. The van der Waals surface area contributed by atoms with Gasteiger partial charge in [0.1, 0.15) is 0 Å². The van der Waals surface area contributed by atoms with Gasteiger partial charge in [0.25, 0.3) is 0 Å². The number of halogens is 2. The van der Waals surface area contributed by atoms with E-state index < -0.39 is 0 Å². The first-order valence-electron chi connectivity index (χ1n) is 10.0. The fourth-order valence-corrected chi connectivity index (χ4v) is 4.81. The molecule has 2 saturated carbocycles. The molecule has 2 unspecified atom stereocenters. The van der Waals surface area contributed by atoms with Crippen molar-refractivity contribution in [2.24, 2.45) is 17.1 Å². The van der Waals surface area contributed by atoms with Gasteiger partial charge in [0.2, 0.25) is 5.91 Å². The van der Waals surface area contributed by atoms with Crippen LogP contribution in [0.15, 0.2) is 0 Å². The molecular weight excluding hydrogens is 373 g/mol. The van der Waals surface area contributed by atoms with Gasteiger partial charge >= 0.3 is 0 Å². The minimum atomic E-state index is 0. The zero-order valence-electron chi connectivity index (χ0n) is 15.9. The Bertz CT molecular complexity index is 414. The highest BCUT2D eigenvalue weighted by atomic mass is 35.5. The Kier molecular flexibility index (Phi) is 10.8. The van der Waals surface area contributed by atoms with Crippen LogP contribution >= 0.6 is 24.8 Å². The monoisotopic (exact) mass is 409 g/mol. The summed E-state index contributed by atoms with van der Waals surface area (Å²) >= 11 is 0. The highest BCUT2D eigenvalue weighted by Crippen LogP contribution is 2.37. The normalized spacial score (nSPS) is 29.1. The fourth-order valence-electron chi connectivity index (χ4n) is 4.81. The number of carbonyl (C=O) groups excluding carboxylic acids is 1. The second-order valence-corrected chi connectivity index (χ2v) is 8.29. The molecule has 0 bridgehead atoms. The summed E-state index contributed by atoms with van der Waals surface area (Å²) in [5.41, 5.74) is 6.32. The van der Waals surface area contributed by atoms with Gasteiger partial charge in [-0.25, -0.2) is 0 Å². The van der Waals surface area contributed by atoms with Crippen LogP contribution in [-0.4, -0.2) is 56.2 Å². The lowest BCUT2D eigenvalue weighted by atomic mass is 9.73. The molecule has 0 aromatic carbocycles. The largest absolute Gasteiger partial charge is 0.379 e. The summed E-state index contributed by atoms with van der Waals surface area (Å²) in [5.74, 6) is 0.384. The van der Waals surface area contributed by atoms with Crippen LogP contribution in [0.1, 0.15) is 57.8 Å². The summed E-state index contributed by atoms with van der Waals surface area (Å²) in [6.07, 6.45) is 10.5. The van der Waals surface area contributed by atoms with E-state index in [0.29, 0.717) is 0 Å². The van der Waals surface area contributed by atoms with Crippen molar-refractivity contribution in [3.63, 3.8) is 0 Å². The molecule has 3 rings (SSSR count). The highest BCUT2D eigenvalue weighted by molar-refractivity contribution is 5.85. The molecule has 2 atom stereocenters. The Morgan fingerprint density at radius 1 is 1.08 bits per heavy atom. The Labute approximate surface area is 171 Å². The zero-order chi connectivity index (χ0) is 16.8. The highest BCUT2D eigenvalue weighted by Gasteiger charge is 2.35. The minimum Gasteiger partial charge on any atom is -0.379 e. The van der Waals surface area contributed by atoms with E-state index in [1.165, 1.54) is 32.1 Å². The summed E-state index contributed by atoms with van der Waals surface area (Å²) in [4.78, 5) is 15.2. The average Bonchev–Trinajstić information content (AvgIpc) is 2.61. The van der Waals surface area contributed by atoms with E-state index in [1.807, 2.05) is 0 Å². The lowest BCUT2D eigenvalue weighted by molar-refractivity contribution is -0.127. The van der Waals surface area contributed by atoms with E-state index in [-0.39, 0.29) is 48.1 Å². The molecule has 2 aliphatic carbocycles. The third kappa shape index (κ3) is 6.83. The SMILES string of the molecule is Cl.Cl.NC1CCCC(C(=O)NCC2(CN3CCOCC3)CCCCC2)C1. The van der Waals surface area contributed by atoms with Crippen LogP contribution in [0.3, 0.4) is 0 Å². The quantitative estimate of drug-likeness (QED) is 0.732. The molecule has 3 aliphatic rings. The van der Waals surface area contributed by atoms with Crippen molar-refractivity contribution in [3.05, 3.63) is 0 Å². The maximum atomic E-state index is 12.6. The first-order chi connectivity index (χ1) is 11.7. The summed E-state index contributed by atoms with van der Waals surface area (Å²) in [6.45, 7) is 5.72. The third-order valence-corrected chi connectivity index (χ3v) is 6.30. The molecule has 0 aromatic heterocycles. The summed E-state index contributed by atoms with van der Waals surface area (Å²) in [5, 5.41) is 3.32. The number of nitrogens with zero attached hydrogens (tertiary/aromatic N) is 1. The zero-order valence-corrected chi connectivity index (χ0v) is 17.6. The van der Waals surface area contributed by atoms with Gasteiger partial charge in [-0.2, -0.15) is 0 Å². The molecule has 3 fully saturated rings. The van der Waals surface area contributed by atoms with Crippen molar-refractivity contribution in [1.82, 2.24) is 10.2 Å². The molecule has 7 heteroatoms. The van der Waals surface area contributed by atoms with E-state index in [2.05, 4.69) is 10.2 Å². The summed E-state index contributed by atoms with van der Waals surface area (Å²) in [7, 11) is 0. The molecule has 1 saturated heterocycles. The van der Waals surface area contributed by atoms with Crippen LogP contribution in [0, 0.1) is 11.3 Å². The van der Waals surface area contributed by atoms with Gasteiger partial charge in [-0.05, 0) is 32.1 Å². The second-order valence-electron chi connectivity index (χ2n) is 8.29. The van der Waals surface area contributed by atoms with Crippen molar-refractivity contribution in [3.8, 4) is 0 Å². The number of carbonyl (C=O) groups is 1. The van der Waals surface area contributed by atoms with Gasteiger partial charge < -0.3 is 15.8 Å². The molecule has 154 valence electrons. The lowest BCUT2D eigenvalue weighted by Crippen LogP contribution is -2.50. The van der Waals surface area contributed by atoms with Gasteiger partial charge in [0.15, 0.2) is 0 Å². The molecule has 5 nitrogen and oxygen atoms in total. The molecular formula is C19H37Cl2N3O2. The van der Waals surface area contributed by atoms with Crippen molar-refractivity contribution in [1.29, 1.82) is 0 Å². The fraction of sp³-hybridized carbons (Fsp3) is 0.947. The van der Waals surface area contributed by atoms with Crippen LogP contribution in [0.2, 0.25) is 0 Å². The van der Waals surface area contributed by atoms with E-state index in [0.717, 1.165) is 65.1 Å². The predicted molar refractivity (Wildman–Crippen MR) is 110 cm³/mol. The summed E-state index contributed by atoms with van der Waals surface area (Å²) in [6, 6.07) is 0.214. The number of amides is 1. The minimum absolute atomic E-state index is 0. The maximum Gasteiger partial charge on any atom is 0.223 e. The molecule has 0 spiro atoms. The van der Waals surface area contributed by atoms with Gasteiger partial charge in [0.05, 0.1) is 13.2 Å². The summed E-state index contributed by atoms with van der Waals surface area (Å²) < 4.78 is 5.49. The van der Waals surface area contributed by atoms with Crippen molar-refractivity contribution < 1.29 is 9.53 Å². The number of morpholine rings is 1. The predicted octanol–water partition coefficient (Wildman–Crippen LogP) is 2.75. The molecule has 0 radical (unpaired) electrons. The van der Waals surface area contributed by atoms with Crippen LogP contribution in [0.4, 0.5) is 0 Å². The van der Waals surface area contributed by atoms with Gasteiger partial charge in [-0.1, -0.05) is 25.7 Å². The van der Waals surface area contributed by atoms with Gasteiger partial charge in [-0.15, -0.1) is 24.8 Å². The molecule has 26 heavy (non-hydrogen) atoms. The number of nitrogens with one attached hydrogen (secondary N) is 1. The van der Waals surface area contributed by atoms with Crippen LogP contribution in [0.25, 0.3) is 0 Å². The standard InChI is InChI=1S/C19H35N3O2.2ClH/c20-17-6-4-5-16(13-17)18(23)21-14-19(7-2-1-3-8-19)15-22-9-11-24-12-10-22;;/h16-17H,1-15,20H2,(H,21,23);2*1H. The molecule has 1 aliphatic heterocycles. The van der Waals surface area contributed by atoms with Gasteiger partial charge in [-0.3, -0.25) is 9.69 Å². The Balaban J connectivity index is 0.00000169. The van der Waals surface area contributed by atoms with E-state index >= 15 is 0 Å². The smallest absolute Gasteiger partial charge is 0.223 e. The number of nitrogens with two attached hydrogens (primary N) is 1. The molecule has 0 aromatic rings. The van der Waals surface area contributed by atoms with E-state index in [4.69, 9.17) is 10.5 Å². The first-order valence-corrected chi connectivity index (χ1v) is 10.0. The van der Waals surface area contributed by atoms with E-state index in [9.17, 15) is 4.79 Å². The first kappa shape index (κ1) is 24.0. The topological polar surface area (TPSA) is 67.6 Å². The Morgan fingerprint density at radius 2 is 1.77 bits per heavy atom. The number of hydrogen-bond donors (Lipinski definition) is 2. The van der Waals surface area contributed by atoms with Crippen molar-refractivity contribution in [2.75, 3.05) is 39.4 Å². The van der Waals surface area contributed by atoms with Crippen LogP contribution in [0.5, 0.6) is 0 Å². The second kappa shape index (κ2) is 11.7. The third-order valence-electron chi connectivity index (χ3n) is 6.30. The molecule has 1 amide bonds. The maximum absolute atomic E-state index is 12.6. The average molecular weight is 410 g/mol. The van der Waals surface area contributed by atoms with E-state index in [1.54, 1.807) is 0 Å². The van der Waals surface area contributed by atoms with Crippen molar-refractivity contribution in [2.45, 2.75) is 63.8 Å². The number of rotatable bonds is 5. The number of hydrogen-bond acceptors (Lipinski definition) is 4. The van der Waals surface area contributed by atoms with Gasteiger partial charge in [0, 0.05) is 43.6 Å². The Hall–Kier alpha value is -0.0700. The molecule has 1 heterocycles.